The Hall–Kier alpha value is -1.72. The van der Waals surface area contributed by atoms with Gasteiger partial charge in [-0.15, -0.1) is 0 Å². The van der Waals surface area contributed by atoms with E-state index in [4.69, 9.17) is 19.6 Å². The normalized spacial score (nSPS) is 13.0. The van der Waals surface area contributed by atoms with Gasteiger partial charge in [0.25, 0.3) is 0 Å². The van der Waals surface area contributed by atoms with Gasteiger partial charge in [-0.25, -0.2) is 9.78 Å². The van der Waals surface area contributed by atoms with E-state index in [0.717, 1.165) is 11.1 Å². The SMILES string of the molecule is CC(C)(OOC(C)(C)c1ccccc1)OOC(C)(C)c1ccccc1. The standard InChI is InChI=1S/C21H28O4/c1-19(2,17-13-9-7-10-14-17)22-24-21(5,6)25-23-20(3,4)18-15-11-8-12-16-18/h7-16H,1-6H3. The lowest BCUT2D eigenvalue weighted by Crippen LogP contribution is -2.36. The molecule has 4 heteroatoms. The van der Waals surface area contributed by atoms with Crippen LogP contribution in [-0.4, -0.2) is 5.79 Å². The van der Waals surface area contributed by atoms with Crippen molar-refractivity contribution in [3.8, 4) is 0 Å². The number of hydrogen-bond acceptors (Lipinski definition) is 4. The van der Waals surface area contributed by atoms with Crippen LogP contribution in [-0.2, 0) is 30.8 Å². The van der Waals surface area contributed by atoms with Crippen LogP contribution in [0.25, 0.3) is 0 Å². The van der Waals surface area contributed by atoms with Gasteiger partial charge >= 0.3 is 0 Å². The summed E-state index contributed by atoms with van der Waals surface area (Å²) in [6, 6.07) is 19.8. The lowest BCUT2D eigenvalue weighted by molar-refractivity contribution is -0.537. The van der Waals surface area contributed by atoms with Crippen LogP contribution >= 0.6 is 0 Å². The van der Waals surface area contributed by atoms with Crippen molar-refractivity contribution < 1.29 is 19.6 Å². The molecule has 0 aromatic heterocycles. The van der Waals surface area contributed by atoms with Gasteiger partial charge < -0.3 is 0 Å². The third-order valence-electron chi connectivity index (χ3n) is 3.84. The fourth-order valence-corrected chi connectivity index (χ4v) is 2.20. The molecule has 0 fully saturated rings. The third kappa shape index (κ3) is 5.65. The number of rotatable bonds is 8. The summed E-state index contributed by atoms with van der Waals surface area (Å²) < 4.78 is 0. The van der Waals surface area contributed by atoms with Gasteiger partial charge in [-0.1, -0.05) is 60.7 Å². The molecule has 0 spiro atoms. The van der Waals surface area contributed by atoms with Crippen molar-refractivity contribution in [1.29, 1.82) is 0 Å². The molecule has 0 unspecified atom stereocenters. The Morgan fingerprint density at radius 1 is 0.480 bits per heavy atom. The highest BCUT2D eigenvalue weighted by atomic mass is 17.3. The van der Waals surface area contributed by atoms with Crippen LogP contribution in [0.1, 0.15) is 52.7 Å². The summed E-state index contributed by atoms with van der Waals surface area (Å²) in [5, 5.41) is 0. The highest BCUT2D eigenvalue weighted by molar-refractivity contribution is 5.21. The summed E-state index contributed by atoms with van der Waals surface area (Å²) in [7, 11) is 0. The summed E-state index contributed by atoms with van der Waals surface area (Å²) in [6.07, 6.45) is 0. The van der Waals surface area contributed by atoms with E-state index in [1.54, 1.807) is 13.8 Å². The molecule has 0 bridgehead atoms. The van der Waals surface area contributed by atoms with Crippen molar-refractivity contribution in [2.45, 2.75) is 58.5 Å². The average Bonchev–Trinajstić information content (AvgIpc) is 2.60. The Morgan fingerprint density at radius 2 is 0.800 bits per heavy atom. The quantitative estimate of drug-likeness (QED) is 0.360. The molecule has 0 aliphatic carbocycles. The van der Waals surface area contributed by atoms with Crippen LogP contribution < -0.4 is 0 Å². The number of benzene rings is 2. The van der Waals surface area contributed by atoms with Crippen LogP contribution in [0.5, 0.6) is 0 Å². The molecule has 0 radical (unpaired) electrons. The minimum atomic E-state index is -1.07. The predicted octanol–water partition coefficient (Wildman–Crippen LogP) is 5.49. The molecule has 0 amide bonds. The van der Waals surface area contributed by atoms with Crippen LogP contribution in [0, 0.1) is 0 Å². The molecule has 2 rings (SSSR count). The van der Waals surface area contributed by atoms with E-state index in [9.17, 15) is 0 Å². The van der Waals surface area contributed by atoms with Crippen LogP contribution in [0.4, 0.5) is 0 Å². The van der Waals surface area contributed by atoms with Gasteiger partial charge in [-0.2, -0.15) is 9.78 Å². The second-order valence-corrected chi connectivity index (χ2v) is 7.49. The average molecular weight is 344 g/mol. The topological polar surface area (TPSA) is 36.9 Å². The minimum Gasteiger partial charge on any atom is -0.223 e. The fraction of sp³-hybridized carbons (Fsp3) is 0.429. The van der Waals surface area contributed by atoms with E-state index in [-0.39, 0.29) is 0 Å². The Labute approximate surface area is 150 Å². The molecule has 2 aromatic rings. The summed E-state index contributed by atoms with van der Waals surface area (Å²) in [5.41, 5.74) is 0.792. The molecule has 4 nitrogen and oxygen atoms in total. The highest BCUT2D eigenvalue weighted by Gasteiger charge is 2.32. The van der Waals surface area contributed by atoms with Gasteiger partial charge in [0, 0.05) is 0 Å². The van der Waals surface area contributed by atoms with Gasteiger partial charge in [0.1, 0.15) is 11.2 Å². The summed E-state index contributed by atoms with van der Waals surface area (Å²) in [5.74, 6) is -1.07. The molecule has 136 valence electrons. The first-order valence-corrected chi connectivity index (χ1v) is 8.47. The molecule has 0 aliphatic rings. The van der Waals surface area contributed by atoms with E-state index in [1.165, 1.54) is 0 Å². The summed E-state index contributed by atoms with van der Waals surface area (Å²) >= 11 is 0. The Bertz CT molecular complexity index is 591. The lowest BCUT2D eigenvalue weighted by atomic mass is 9.99. The Balaban J connectivity index is 1.93. The molecule has 2 aromatic carbocycles. The maximum Gasteiger partial charge on any atom is 0.228 e. The zero-order chi connectivity index (χ0) is 18.6. The van der Waals surface area contributed by atoms with Crippen molar-refractivity contribution in [3.63, 3.8) is 0 Å². The van der Waals surface area contributed by atoms with Gasteiger partial charge in [0.15, 0.2) is 0 Å². The van der Waals surface area contributed by atoms with Gasteiger partial charge in [0.05, 0.1) is 0 Å². The fourth-order valence-electron chi connectivity index (χ4n) is 2.20. The van der Waals surface area contributed by atoms with Crippen LogP contribution in [0.15, 0.2) is 60.7 Å². The molecule has 0 aliphatic heterocycles. The van der Waals surface area contributed by atoms with Gasteiger partial charge in [-0.3, -0.25) is 0 Å². The second kappa shape index (κ2) is 7.67. The Kier molecular flexibility index (Phi) is 6.01. The second-order valence-electron chi connectivity index (χ2n) is 7.49. The van der Waals surface area contributed by atoms with E-state index in [0.29, 0.717) is 0 Å². The molecule has 0 heterocycles. The first-order valence-electron chi connectivity index (χ1n) is 8.47. The molecule has 25 heavy (non-hydrogen) atoms. The van der Waals surface area contributed by atoms with Crippen molar-refractivity contribution in [2.75, 3.05) is 0 Å². The third-order valence-corrected chi connectivity index (χ3v) is 3.84. The lowest BCUT2D eigenvalue weighted by Gasteiger charge is -2.33. The van der Waals surface area contributed by atoms with Crippen molar-refractivity contribution in [1.82, 2.24) is 0 Å². The van der Waals surface area contributed by atoms with Crippen molar-refractivity contribution in [3.05, 3.63) is 71.8 Å². The zero-order valence-corrected chi connectivity index (χ0v) is 15.9. The molecule has 0 saturated heterocycles. The molecule has 0 N–H and O–H groups in total. The smallest absolute Gasteiger partial charge is 0.223 e. The first-order chi connectivity index (χ1) is 11.6. The van der Waals surface area contributed by atoms with E-state index in [1.807, 2.05) is 88.4 Å². The molecular weight excluding hydrogens is 316 g/mol. The zero-order valence-electron chi connectivity index (χ0n) is 15.9. The van der Waals surface area contributed by atoms with Crippen LogP contribution in [0.3, 0.4) is 0 Å². The van der Waals surface area contributed by atoms with E-state index in [2.05, 4.69) is 0 Å². The van der Waals surface area contributed by atoms with Gasteiger partial charge in [-0.05, 0) is 52.7 Å². The monoisotopic (exact) mass is 344 g/mol. The molecule has 0 atom stereocenters. The summed E-state index contributed by atoms with van der Waals surface area (Å²) in [6.45, 7) is 11.2. The minimum absolute atomic E-state index is 0.614. The largest absolute Gasteiger partial charge is 0.228 e. The maximum absolute atomic E-state index is 5.65. The van der Waals surface area contributed by atoms with Crippen molar-refractivity contribution >= 4 is 0 Å². The summed E-state index contributed by atoms with van der Waals surface area (Å²) in [4.78, 5) is 22.4. The van der Waals surface area contributed by atoms with E-state index < -0.39 is 17.0 Å². The Morgan fingerprint density at radius 3 is 1.12 bits per heavy atom. The number of hydrogen-bond donors (Lipinski definition) is 0. The van der Waals surface area contributed by atoms with Gasteiger partial charge in [0.2, 0.25) is 5.79 Å². The molecule has 0 saturated carbocycles. The van der Waals surface area contributed by atoms with Crippen LogP contribution in [0.2, 0.25) is 0 Å². The van der Waals surface area contributed by atoms with Crippen molar-refractivity contribution in [2.24, 2.45) is 0 Å². The highest BCUT2D eigenvalue weighted by Crippen LogP contribution is 2.30. The predicted molar refractivity (Wildman–Crippen MR) is 97.4 cm³/mol. The maximum atomic E-state index is 5.65. The van der Waals surface area contributed by atoms with E-state index >= 15 is 0 Å². The first kappa shape index (κ1) is 19.6. The molecular formula is C21H28O4.